The highest BCUT2D eigenvalue weighted by atomic mass is 28.4. The lowest BCUT2D eigenvalue weighted by Crippen LogP contribution is -2.67. The summed E-state index contributed by atoms with van der Waals surface area (Å²) in [6, 6.07) is 29.1. The number of unbranched alkanes of at least 4 members (excludes halogenated alkanes) is 2. The number of ether oxygens (including phenoxy) is 1. The molecule has 3 aromatic carbocycles. The molecule has 0 aliphatic carbocycles. The van der Waals surface area contributed by atoms with E-state index >= 15 is 0 Å². The lowest BCUT2D eigenvalue weighted by atomic mass is 9.93. The molecule has 3 aromatic rings. The van der Waals surface area contributed by atoms with Gasteiger partial charge in [0.2, 0.25) is 5.60 Å². The van der Waals surface area contributed by atoms with Crippen LogP contribution in [-0.2, 0) is 20.6 Å². The van der Waals surface area contributed by atoms with E-state index in [0.717, 1.165) is 0 Å². The summed E-state index contributed by atoms with van der Waals surface area (Å²) in [6.07, 6.45) is -3.70. The molecular weight excluding hydrogens is 557 g/mol. The molecule has 0 aliphatic rings. The van der Waals surface area contributed by atoms with Gasteiger partial charge in [-0.1, -0.05) is 125 Å². The molecule has 0 bridgehead atoms. The van der Waals surface area contributed by atoms with Crippen molar-refractivity contribution < 1.29 is 27.1 Å². The topological polar surface area (TPSA) is 73.6 Å². The standard InChI is InChI=1S/C33H43F3N2O3Si/c1-26(41-42(31(2,3)4,28-20-12-6-13-21-28)29-22-14-7-15-23-29)17-9-8-16-24-32(30(39)38-37,33(34,35)36)40-25-27-18-10-5-11-19-27/h5-7,10-15,18-23,26H,8-9,16-17,24-25,37H2,1-4H3,(H,38,39)/t26?,32-/m1/s1. The van der Waals surface area contributed by atoms with Gasteiger partial charge in [-0.25, -0.2) is 5.84 Å². The van der Waals surface area contributed by atoms with Gasteiger partial charge in [-0.3, -0.25) is 10.2 Å². The molecule has 42 heavy (non-hydrogen) atoms. The van der Waals surface area contributed by atoms with Crippen molar-refractivity contribution in [1.29, 1.82) is 0 Å². The van der Waals surface area contributed by atoms with Gasteiger partial charge in [0, 0.05) is 6.10 Å². The molecule has 9 heteroatoms. The number of halogens is 3. The maximum atomic E-state index is 14.3. The van der Waals surface area contributed by atoms with Crippen LogP contribution in [0, 0.1) is 0 Å². The van der Waals surface area contributed by atoms with Gasteiger partial charge in [0.05, 0.1) is 6.61 Å². The third kappa shape index (κ3) is 7.69. The summed E-state index contributed by atoms with van der Waals surface area (Å²) in [5, 5.41) is 2.17. The Hall–Kier alpha value is -2.98. The van der Waals surface area contributed by atoms with E-state index in [-0.39, 0.29) is 24.2 Å². The van der Waals surface area contributed by atoms with Crippen LogP contribution in [0.5, 0.6) is 0 Å². The van der Waals surface area contributed by atoms with Crippen molar-refractivity contribution in [3.63, 3.8) is 0 Å². The number of hydrogen-bond acceptors (Lipinski definition) is 4. The number of alkyl halides is 3. The number of hydrogen-bond donors (Lipinski definition) is 2. The predicted molar refractivity (Wildman–Crippen MR) is 164 cm³/mol. The van der Waals surface area contributed by atoms with Crippen LogP contribution >= 0.6 is 0 Å². The molecule has 0 saturated carbocycles. The number of benzene rings is 3. The van der Waals surface area contributed by atoms with Gasteiger partial charge in [-0.2, -0.15) is 13.2 Å². The first-order valence-electron chi connectivity index (χ1n) is 14.4. The molecule has 0 aromatic heterocycles. The van der Waals surface area contributed by atoms with E-state index in [1.165, 1.54) is 10.4 Å². The van der Waals surface area contributed by atoms with Crippen LogP contribution in [-0.4, -0.2) is 32.1 Å². The monoisotopic (exact) mass is 600 g/mol. The van der Waals surface area contributed by atoms with Crippen LogP contribution in [0.15, 0.2) is 91.0 Å². The van der Waals surface area contributed by atoms with Crippen molar-refractivity contribution in [2.45, 2.75) is 89.3 Å². The average Bonchev–Trinajstić information content (AvgIpc) is 2.97. The Labute approximate surface area is 248 Å². The second-order valence-corrected chi connectivity index (χ2v) is 16.0. The number of nitrogens with one attached hydrogen (secondary N) is 1. The molecule has 1 amide bonds. The zero-order valence-electron chi connectivity index (χ0n) is 24.9. The zero-order valence-corrected chi connectivity index (χ0v) is 25.9. The molecule has 0 radical (unpaired) electrons. The fraction of sp³-hybridized carbons (Fsp3) is 0.424. The Morgan fingerprint density at radius 2 is 1.33 bits per heavy atom. The molecule has 0 saturated heterocycles. The number of hydrazine groups is 1. The van der Waals surface area contributed by atoms with Crippen molar-refractivity contribution >= 4 is 24.6 Å². The Morgan fingerprint density at radius 1 is 0.833 bits per heavy atom. The van der Waals surface area contributed by atoms with Crippen molar-refractivity contribution in [1.82, 2.24) is 5.43 Å². The Kier molecular flexibility index (Phi) is 11.5. The summed E-state index contributed by atoms with van der Waals surface area (Å²) in [5.41, 5.74) is -0.821. The SMILES string of the molecule is CC(CCCCC[C@@](OCc1ccccc1)(C(=O)NN)C(F)(F)F)O[Si](c1ccccc1)(c1ccccc1)C(C)(C)C. The lowest BCUT2D eigenvalue weighted by Gasteiger charge is -2.44. The van der Waals surface area contributed by atoms with Crippen LogP contribution in [0.1, 0.15) is 65.4 Å². The normalized spacial score (nSPS) is 14.7. The zero-order chi connectivity index (χ0) is 30.9. The lowest BCUT2D eigenvalue weighted by molar-refractivity contribution is -0.273. The van der Waals surface area contributed by atoms with E-state index in [9.17, 15) is 18.0 Å². The number of amides is 1. The minimum Gasteiger partial charge on any atom is -0.405 e. The largest absolute Gasteiger partial charge is 0.426 e. The van der Waals surface area contributed by atoms with Crippen LogP contribution in [0.2, 0.25) is 5.04 Å². The first kappa shape index (κ1) is 33.5. The molecular formula is C33H43F3N2O3Si. The molecule has 0 aliphatic heterocycles. The molecule has 228 valence electrons. The average molecular weight is 601 g/mol. The van der Waals surface area contributed by atoms with E-state index in [1.54, 1.807) is 35.8 Å². The number of nitrogens with two attached hydrogens (primary N) is 1. The fourth-order valence-electron chi connectivity index (χ4n) is 5.54. The van der Waals surface area contributed by atoms with Gasteiger partial charge in [0.25, 0.3) is 14.2 Å². The predicted octanol–water partition coefficient (Wildman–Crippen LogP) is 6.41. The van der Waals surface area contributed by atoms with Crippen LogP contribution in [0.3, 0.4) is 0 Å². The van der Waals surface area contributed by atoms with Crippen molar-refractivity contribution in [3.8, 4) is 0 Å². The Balaban J connectivity index is 1.71. The minimum absolute atomic E-state index is 0.133. The highest BCUT2D eigenvalue weighted by molar-refractivity contribution is 6.99. The van der Waals surface area contributed by atoms with E-state index in [4.69, 9.17) is 15.0 Å². The van der Waals surface area contributed by atoms with Gasteiger partial charge in [0.1, 0.15) is 0 Å². The number of carbonyl (C=O) groups is 1. The molecule has 2 atom stereocenters. The molecule has 5 nitrogen and oxygen atoms in total. The van der Waals surface area contributed by atoms with Gasteiger partial charge in [-0.15, -0.1) is 0 Å². The minimum atomic E-state index is -4.94. The molecule has 0 heterocycles. The van der Waals surface area contributed by atoms with E-state index in [2.05, 4.69) is 45.0 Å². The molecule has 0 fully saturated rings. The van der Waals surface area contributed by atoms with Crippen LogP contribution in [0.4, 0.5) is 13.2 Å². The van der Waals surface area contributed by atoms with Crippen molar-refractivity contribution in [3.05, 3.63) is 96.6 Å². The van der Waals surface area contributed by atoms with Gasteiger partial charge in [-0.05, 0) is 47.2 Å². The van der Waals surface area contributed by atoms with Crippen molar-refractivity contribution in [2.24, 2.45) is 5.84 Å². The summed E-state index contributed by atoms with van der Waals surface area (Å²) in [4.78, 5) is 12.5. The summed E-state index contributed by atoms with van der Waals surface area (Å²) < 4.78 is 55.3. The summed E-state index contributed by atoms with van der Waals surface area (Å²) >= 11 is 0. The molecule has 3 N–H and O–H groups in total. The van der Waals surface area contributed by atoms with Crippen LogP contribution < -0.4 is 21.6 Å². The van der Waals surface area contributed by atoms with Crippen molar-refractivity contribution in [2.75, 3.05) is 0 Å². The first-order valence-corrected chi connectivity index (χ1v) is 16.3. The number of carbonyl (C=O) groups excluding carboxylic acids is 1. The summed E-state index contributed by atoms with van der Waals surface area (Å²) in [6.45, 7) is 8.29. The second-order valence-electron chi connectivity index (χ2n) is 11.8. The highest BCUT2D eigenvalue weighted by Crippen LogP contribution is 2.40. The maximum Gasteiger partial charge on any atom is 0.426 e. The third-order valence-electron chi connectivity index (χ3n) is 7.72. The Morgan fingerprint density at radius 3 is 1.79 bits per heavy atom. The van der Waals surface area contributed by atoms with E-state index in [1.807, 2.05) is 43.3 Å². The second kappa shape index (κ2) is 14.5. The van der Waals surface area contributed by atoms with E-state index in [0.29, 0.717) is 24.8 Å². The summed E-state index contributed by atoms with van der Waals surface area (Å²) in [5.74, 6) is 3.80. The molecule has 0 spiro atoms. The fourth-order valence-corrected chi connectivity index (χ4v) is 10.3. The first-order chi connectivity index (χ1) is 19.9. The summed E-state index contributed by atoms with van der Waals surface area (Å²) in [7, 11) is -2.73. The number of rotatable bonds is 14. The van der Waals surface area contributed by atoms with Gasteiger partial charge >= 0.3 is 6.18 Å². The van der Waals surface area contributed by atoms with E-state index < -0.39 is 32.4 Å². The maximum absolute atomic E-state index is 14.3. The van der Waals surface area contributed by atoms with Crippen LogP contribution in [0.25, 0.3) is 0 Å². The van der Waals surface area contributed by atoms with Gasteiger partial charge < -0.3 is 9.16 Å². The quantitative estimate of drug-likeness (QED) is 0.0738. The highest BCUT2D eigenvalue weighted by Gasteiger charge is 2.61. The Bertz CT molecular complexity index is 1200. The third-order valence-corrected chi connectivity index (χ3v) is 12.9. The van der Waals surface area contributed by atoms with Gasteiger partial charge in [0.15, 0.2) is 0 Å². The molecule has 1 unspecified atom stereocenters. The molecule has 3 rings (SSSR count). The smallest absolute Gasteiger partial charge is 0.405 e.